The van der Waals surface area contributed by atoms with Gasteiger partial charge in [-0.3, -0.25) is 0 Å². The molecular weight excluding hydrogens is 442 g/mol. The number of halogens is 2. The molecule has 2 heterocycles. The van der Waals surface area contributed by atoms with Gasteiger partial charge in [-0.25, -0.2) is 18.8 Å². The summed E-state index contributed by atoms with van der Waals surface area (Å²) in [5.41, 5.74) is 6.98. The van der Waals surface area contributed by atoms with Crippen molar-refractivity contribution in [2.24, 2.45) is 15.8 Å². The van der Waals surface area contributed by atoms with Crippen LogP contribution in [0.3, 0.4) is 0 Å². The minimum absolute atomic E-state index is 0.000444. The fraction of sp³-hybridized carbons (Fsp3) is 0.286. The minimum atomic E-state index is -0.678. The van der Waals surface area contributed by atoms with E-state index in [4.69, 9.17) is 23.1 Å². The molecule has 2 N–H and O–H groups in total. The molecule has 1 unspecified atom stereocenters. The number of nitrogens with two attached hydrogens (primary N) is 1. The molecule has 0 saturated carbocycles. The number of thioether (sulfide) groups is 2. The van der Waals surface area contributed by atoms with Crippen molar-refractivity contribution >= 4 is 50.9 Å². The van der Waals surface area contributed by atoms with Crippen LogP contribution in [0.25, 0.3) is 0 Å². The van der Waals surface area contributed by atoms with Crippen LogP contribution in [0.15, 0.2) is 58.6 Å². The van der Waals surface area contributed by atoms with Crippen LogP contribution in [-0.4, -0.2) is 32.0 Å². The lowest BCUT2D eigenvalue weighted by molar-refractivity contribution is 0.275. The summed E-state index contributed by atoms with van der Waals surface area (Å²) in [6.07, 6.45) is 1.39. The van der Waals surface area contributed by atoms with E-state index in [2.05, 4.69) is 4.99 Å². The first kappa shape index (κ1) is 21.4. The van der Waals surface area contributed by atoms with Gasteiger partial charge in [-0.15, -0.1) is 0 Å². The first-order valence-electron chi connectivity index (χ1n) is 9.52. The molecule has 2 atom stereocenters. The highest BCUT2D eigenvalue weighted by molar-refractivity contribution is 8.24. The summed E-state index contributed by atoms with van der Waals surface area (Å²) in [4.78, 5) is 3.89. The fourth-order valence-corrected chi connectivity index (χ4v) is 6.22. The molecule has 156 valence electrons. The Labute approximate surface area is 188 Å². The third kappa shape index (κ3) is 3.91. The summed E-state index contributed by atoms with van der Waals surface area (Å²) in [5.74, 6) is -0.314. The van der Waals surface area contributed by atoms with Crippen molar-refractivity contribution in [3.8, 4) is 0 Å². The Kier molecular flexibility index (Phi) is 6.24. The number of rotatable bonds is 5. The van der Waals surface area contributed by atoms with Crippen molar-refractivity contribution in [3.63, 3.8) is 0 Å². The predicted molar refractivity (Wildman–Crippen MR) is 126 cm³/mol. The molecule has 0 fully saturated rings. The molecule has 0 aromatic heterocycles. The second-order valence-corrected chi connectivity index (χ2v) is 10.2. The smallest absolute Gasteiger partial charge is 0.162 e. The summed E-state index contributed by atoms with van der Waals surface area (Å²) in [7, 11) is 0. The molecule has 9 heteroatoms. The first-order valence-corrected chi connectivity index (χ1v) is 11.6. The fourth-order valence-electron chi connectivity index (χ4n) is 3.56. The van der Waals surface area contributed by atoms with Crippen LogP contribution >= 0.6 is 35.7 Å². The zero-order valence-electron chi connectivity index (χ0n) is 16.2. The van der Waals surface area contributed by atoms with Gasteiger partial charge in [0.1, 0.15) is 27.4 Å². The number of thiocarbonyl (C=S) groups is 1. The van der Waals surface area contributed by atoms with E-state index < -0.39 is 16.5 Å². The molecule has 4 nitrogen and oxygen atoms in total. The van der Waals surface area contributed by atoms with Crippen LogP contribution in [0, 0.1) is 11.6 Å². The van der Waals surface area contributed by atoms with Crippen molar-refractivity contribution in [2.75, 3.05) is 6.54 Å². The van der Waals surface area contributed by atoms with E-state index in [1.54, 1.807) is 0 Å². The molecule has 0 spiro atoms. The van der Waals surface area contributed by atoms with Gasteiger partial charge >= 0.3 is 0 Å². The van der Waals surface area contributed by atoms with Gasteiger partial charge in [-0.05, 0) is 50.1 Å². The maximum absolute atomic E-state index is 14.6. The van der Waals surface area contributed by atoms with Gasteiger partial charge in [0.25, 0.3) is 0 Å². The molecule has 0 radical (unpaired) electrons. The Hall–Kier alpha value is -1.81. The number of hydrogen-bond acceptors (Lipinski definition) is 6. The summed E-state index contributed by atoms with van der Waals surface area (Å²) >= 11 is 8.20. The van der Waals surface area contributed by atoms with Gasteiger partial charge in [0.05, 0.1) is 5.25 Å². The van der Waals surface area contributed by atoms with E-state index in [1.807, 2.05) is 42.3 Å². The number of amidine groups is 1. The second-order valence-electron chi connectivity index (χ2n) is 6.98. The topological polar surface area (TPSA) is 54.0 Å². The van der Waals surface area contributed by atoms with Crippen LogP contribution in [0.2, 0.25) is 0 Å². The molecule has 4 rings (SSSR count). The third-order valence-electron chi connectivity index (χ3n) is 4.97. The Morgan fingerprint density at radius 2 is 1.97 bits per heavy atom. The summed E-state index contributed by atoms with van der Waals surface area (Å²) in [5, 5.41) is 7.03. The Morgan fingerprint density at radius 3 is 2.63 bits per heavy atom. The van der Waals surface area contributed by atoms with Crippen LogP contribution < -0.4 is 5.73 Å². The highest BCUT2D eigenvalue weighted by Gasteiger charge is 2.49. The highest BCUT2D eigenvalue weighted by atomic mass is 32.2. The molecule has 30 heavy (non-hydrogen) atoms. The lowest BCUT2D eigenvalue weighted by atomic mass is 10.00. The molecule has 0 saturated heterocycles. The first-order chi connectivity index (χ1) is 14.4. The number of hydrogen-bond donors (Lipinski definition) is 1. The van der Waals surface area contributed by atoms with Gasteiger partial charge in [-0.2, -0.15) is 5.10 Å². The summed E-state index contributed by atoms with van der Waals surface area (Å²) < 4.78 is 29.1. The van der Waals surface area contributed by atoms with E-state index >= 15 is 0 Å². The van der Waals surface area contributed by atoms with E-state index in [0.29, 0.717) is 28.2 Å². The van der Waals surface area contributed by atoms with E-state index in [1.165, 1.54) is 29.6 Å². The second kappa shape index (κ2) is 8.74. The average molecular weight is 463 g/mol. The van der Waals surface area contributed by atoms with Crippen LogP contribution in [0.1, 0.15) is 30.9 Å². The number of benzene rings is 2. The largest absolute Gasteiger partial charge is 0.330 e. The van der Waals surface area contributed by atoms with Crippen molar-refractivity contribution in [1.82, 2.24) is 5.01 Å². The molecule has 0 amide bonds. The quantitative estimate of drug-likeness (QED) is 0.628. The standard InChI is InChI=1S/C21H20F2N4S3/c1-13-18(25-20(28)29-13)27-21(10-5-11-24,14-6-3-2-4-7-14)30-19(26-27)16-12-15(22)8-9-17(16)23/h2-4,6-9,12-13H,5,10-11,24H2,1H3/t13-,21?/m1/s1. The van der Waals surface area contributed by atoms with Gasteiger partial charge in [0.15, 0.2) is 4.32 Å². The average Bonchev–Trinajstić information content (AvgIpc) is 3.28. The van der Waals surface area contributed by atoms with E-state index in [9.17, 15) is 8.78 Å². The van der Waals surface area contributed by atoms with Crippen LogP contribution in [0.4, 0.5) is 8.78 Å². The van der Waals surface area contributed by atoms with Gasteiger partial charge in [0.2, 0.25) is 0 Å². The molecule has 0 aliphatic carbocycles. The molecule has 2 aliphatic heterocycles. The lowest BCUT2D eigenvalue weighted by Crippen LogP contribution is -2.44. The van der Waals surface area contributed by atoms with E-state index in [-0.39, 0.29) is 10.8 Å². The van der Waals surface area contributed by atoms with Crippen molar-refractivity contribution in [1.29, 1.82) is 0 Å². The molecule has 2 aromatic carbocycles. The van der Waals surface area contributed by atoms with Crippen LogP contribution in [0.5, 0.6) is 0 Å². The number of hydrazone groups is 1. The minimum Gasteiger partial charge on any atom is -0.330 e. The summed E-state index contributed by atoms with van der Waals surface area (Å²) in [6, 6.07) is 13.3. The summed E-state index contributed by atoms with van der Waals surface area (Å²) in [6.45, 7) is 2.52. The Morgan fingerprint density at radius 1 is 1.20 bits per heavy atom. The van der Waals surface area contributed by atoms with Gasteiger partial charge < -0.3 is 5.73 Å². The SMILES string of the molecule is C[C@H]1SC(=S)N=C1N1N=C(c2cc(F)ccc2F)SC1(CCCN)c1ccccc1. The van der Waals surface area contributed by atoms with Crippen molar-refractivity contribution in [2.45, 2.75) is 29.9 Å². The maximum Gasteiger partial charge on any atom is 0.162 e. The zero-order valence-corrected chi connectivity index (χ0v) is 18.7. The molecule has 0 bridgehead atoms. The highest BCUT2D eigenvalue weighted by Crippen LogP contribution is 2.52. The van der Waals surface area contributed by atoms with Crippen molar-refractivity contribution in [3.05, 3.63) is 71.3 Å². The van der Waals surface area contributed by atoms with Crippen LogP contribution in [-0.2, 0) is 4.87 Å². The third-order valence-corrected chi connectivity index (χ3v) is 7.65. The number of aliphatic imine (C=N–C) groups is 1. The molecule has 2 aromatic rings. The van der Waals surface area contributed by atoms with Crippen molar-refractivity contribution < 1.29 is 8.78 Å². The Bertz CT molecular complexity index is 1030. The Balaban J connectivity index is 1.88. The zero-order chi connectivity index (χ0) is 21.3. The van der Waals surface area contributed by atoms with Gasteiger partial charge in [-0.1, -0.05) is 66.1 Å². The maximum atomic E-state index is 14.6. The van der Waals surface area contributed by atoms with E-state index in [0.717, 1.165) is 24.1 Å². The predicted octanol–water partition coefficient (Wildman–Crippen LogP) is 5.09. The lowest BCUT2D eigenvalue weighted by Gasteiger charge is -2.37. The normalized spacial score (nSPS) is 23.7. The monoisotopic (exact) mass is 462 g/mol. The number of nitrogens with zero attached hydrogens (tertiary/aromatic N) is 3. The van der Waals surface area contributed by atoms with Gasteiger partial charge in [0, 0.05) is 5.56 Å². The molecule has 2 aliphatic rings. The molecular formula is C21H20F2N4S3.